The first-order valence-corrected chi connectivity index (χ1v) is 13.1. The highest BCUT2D eigenvalue weighted by Crippen LogP contribution is 2.28. The molecular weight excluding hydrogens is 480 g/mol. The maximum atomic E-state index is 13.6. The van der Waals surface area contributed by atoms with Crippen molar-refractivity contribution in [3.63, 3.8) is 0 Å². The van der Waals surface area contributed by atoms with Crippen LogP contribution in [-0.2, 0) is 23.1 Å². The maximum Gasteiger partial charge on any atom is 0.333 e. The van der Waals surface area contributed by atoms with Gasteiger partial charge in [-0.3, -0.25) is 9.58 Å². The van der Waals surface area contributed by atoms with E-state index in [-0.39, 0.29) is 12.1 Å². The fraction of sp³-hybridized carbons (Fsp3) is 0.379. The third-order valence-electron chi connectivity index (χ3n) is 7.08. The molecule has 38 heavy (non-hydrogen) atoms. The number of hydrogen-bond acceptors (Lipinski definition) is 8. The summed E-state index contributed by atoms with van der Waals surface area (Å²) < 4.78 is 13.5. The number of anilines is 1. The van der Waals surface area contributed by atoms with Crippen LogP contribution < -0.4 is 5.32 Å². The van der Waals surface area contributed by atoms with Crippen LogP contribution in [0, 0.1) is 12.8 Å². The van der Waals surface area contributed by atoms with Gasteiger partial charge in [-0.15, -0.1) is 0 Å². The molecule has 0 radical (unpaired) electrons. The van der Waals surface area contributed by atoms with Crippen molar-refractivity contribution in [1.82, 2.24) is 24.8 Å². The van der Waals surface area contributed by atoms with E-state index in [4.69, 9.17) is 9.26 Å². The largest absolute Gasteiger partial charge is 0.459 e. The Balaban J connectivity index is 1.28. The molecule has 1 N–H and O–H groups in total. The first kappa shape index (κ1) is 25.7. The number of aryl methyl sites for hydroxylation is 2. The molecule has 1 aliphatic rings. The van der Waals surface area contributed by atoms with Crippen molar-refractivity contribution in [1.29, 1.82) is 0 Å². The molecule has 3 heterocycles. The van der Waals surface area contributed by atoms with E-state index in [0.717, 1.165) is 42.0 Å². The van der Waals surface area contributed by atoms with E-state index in [9.17, 15) is 4.79 Å². The zero-order valence-corrected chi connectivity index (χ0v) is 22.1. The van der Waals surface area contributed by atoms with Gasteiger partial charge < -0.3 is 14.6 Å². The van der Waals surface area contributed by atoms with Crippen molar-refractivity contribution < 1.29 is 14.1 Å². The SMILES string of the molecule is CCC1CCN(Cc2noc(-c3cc(C)nn3C)n2)C[C@@H]1OC(=O)[C@H](Nc1ccccc1)c1ccccc1. The Morgan fingerprint density at radius 3 is 2.58 bits per heavy atom. The molecule has 1 aliphatic heterocycles. The van der Waals surface area contributed by atoms with Gasteiger partial charge in [-0.05, 0) is 56.0 Å². The van der Waals surface area contributed by atoms with Gasteiger partial charge in [-0.2, -0.15) is 10.1 Å². The van der Waals surface area contributed by atoms with Gasteiger partial charge >= 0.3 is 5.97 Å². The molecule has 3 atom stereocenters. The average Bonchev–Trinajstić information content (AvgIpc) is 3.53. The third-order valence-corrected chi connectivity index (χ3v) is 7.08. The van der Waals surface area contributed by atoms with Crippen molar-refractivity contribution in [2.45, 2.75) is 45.4 Å². The summed E-state index contributed by atoms with van der Waals surface area (Å²) in [6.07, 6.45) is 1.65. The number of carbonyl (C=O) groups excluding carboxylic acids is 1. The lowest BCUT2D eigenvalue weighted by molar-refractivity contribution is -0.156. The van der Waals surface area contributed by atoms with E-state index >= 15 is 0 Å². The summed E-state index contributed by atoms with van der Waals surface area (Å²) >= 11 is 0. The van der Waals surface area contributed by atoms with Gasteiger partial charge in [-0.25, -0.2) is 4.79 Å². The van der Waals surface area contributed by atoms with Crippen molar-refractivity contribution in [2.75, 3.05) is 18.4 Å². The molecule has 1 saturated heterocycles. The quantitative estimate of drug-likeness (QED) is 0.319. The summed E-state index contributed by atoms with van der Waals surface area (Å²) in [6.45, 7) is 6.10. The highest BCUT2D eigenvalue weighted by Gasteiger charge is 2.34. The molecule has 0 bridgehead atoms. The second-order valence-electron chi connectivity index (χ2n) is 9.83. The minimum Gasteiger partial charge on any atom is -0.459 e. The Morgan fingerprint density at radius 2 is 1.89 bits per heavy atom. The molecule has 1 fully saturated rings. The summed E-state index contributed by atoms with van der Waals surface area (Å²) in [5.41, 5.74) is 3.42. The van der Waals surface area contributed by atoms with Crippen LogP contribution in [0.5, 0.6) is 0 Å². The second kappa shape index (κ2) is 11.6. The molecule has 0 spiro atoms. The zero-order chi connectivity index (χ0) is 26.5. The van der Waals surface area contributed by atoms with Crippen LogP contribution >= 0.6 is 0 Å². The van der Waals surface area contributed by atoms with Crippen LogP contribution in [0.15, 0.2) is 71.3 Å². The Bertz CT molecular complexity index is 1340. The first-order valence-electron chi connectivity index (χ1n) is 13.1. The summed E-state index contributed by atoms with van der Waals surface area (Å²) in [5, 5.41) is 11.9. The second-order valence-corrected chi connectivity index (χ2v) is 9.83. The van der Waals surface area contributed by atoms with E-state index in [2.05, 4.69) is 32.4 Å². The third kappa shape index (κ3) is 5.94. The molecular formula is C29H34N6O3. The number of rotatable bonds is 9. The molecule has 0 amide bonds. The summed E-state index contributed by atoms with van der Waals surface area (Å²) in [7, 11) is 1.86. The van der Waals surface area contributed by atoms with E-state index in [1.165, 1.54) is 0 Å². The van der Waals surface area contributed by atoms with Crippen molar-refractivity contribution >= 4 is 11.7 Å². The summed E-state index contributed by atoms with van der Waals surface area (Å²) in [6, 6.07) is 20.8. The number of nitrogens with one attached hydrogen (secondary N) is 1. The number of hydrogen-bond donors (Lipinski definition) is 1. The number of ether oxygens (including phenoxy) is 1. The van der Waals surface area contributed by atoms with Crippen LogP contribution in [0.4, 0.5) is 5.69 Å². The lowest BCUT2D eigenvalue weighted by atomic mass is 9.91. The maximum absolute atomic E-state index is 13.6. The minimum atomic E-state index is -0.603. The van der Waals surface area contributed by atoms with Gasteiger partial charge in [0, 0.05) is 19.3 Å². The van der Waals surface area contributed by atoms with Gasteiger partial charge in [0.05, 0.1) is 12.2 Å². The monoisotopic (exact) mass is 514 g/mol. The number of aromatic nitrogens is 4. The Kier molecular flexibility index (Phi) is 7.83. The number of para-hydroxylation sites is 1. The predicted molar refractivity (Wildman–Crippen MR) is 144 cm³/mol. The standard InChI is InChI=1S/C29H34N6O3/c1-4-21-15-16-35(19-26-31-28(38-33-26)24-17-20(2)32-34(24)3)18-25(21)37-29(36)27(22-11-7-5-8-12-22)30-23-13-9-6-10-14-23/h5-14,17,21,25,27,30H,4,15-16,18-19H2,1-3H3/t21?,25-,27+/m0/s1. The summed E-state index contributed by atoms with van der Waals surface area (Å²) in [5.74, 6) is 1.07. The van der Waals surface area contributed by atoms with Crippen LogP contribution in [0.25, 0.3) is 11.6 Å². The molecule has 0 aliphatic carbocycles. The van der Waals surface area contributed by atoms with Gasteiger partial charge in [0.2, 0.25) is 0 Å². The fourth-order valence-electron chi connectivity index (χ4n) is 5.05. The lowest BCUT2D eigenvalue weighted by Crippen LogP contribution is -2.46. The minimum absolute atomic E-state index is 0.226. The lowest BCUT2D eigenvalue weighted by Gasteiger charge is -2.37. The summed E-state index contributed by atoms with van der Waals surface area (Å²) in [4.78, 5) is 20.4. The van der Waals surface area contributed by atoms with Gasteiger partial charge in [0.1, 0.15) is 11.8 Å². The molecule has 2 aromatic carbocycles. The smallest absolute Gasteiger partial charge is 0.333 e. The van der Waals surface area contributed by atoms with Crippen LogP contribution in [0.1, 0.15) is 42.9 Å². The average molecular weight is 515 g/mol. The molecule has 198 valence electrons. The van der Waals surface area contributed by atoms with Crippen molar-refractivity contribution in [3.8, 4) is 11.6 Å². The predicted octanol–water partition coefficient (Wildman–Crippen LogP) is 4.78. The first-order chi connectivity index (χ1) is 18.5. The molecule has 5 rings (SSSR count). The van der Waals surface area contributed by atoms with Crippen LogP contribution in [-0.4, -0.2) is 50.0 Å². The zero-order valence-electron chi connectivity index (χ0n) is 22.1. The molecule has 9 nitrogen and oxygen atoms in total. The number of benzene rings is 2. The Labute approximate surface area is 222 Å². The highest BCUT2D eigenvalue weighted by atomic mass is 16.5. The van der Waals surface area contributed by atoms with E-state index in [1.54, 1.807) is 4.68 Å². The van der Waals surface area contributed by atoms with Crippen molar-refractivity contribution in [2.24, 2.45) is 13.0 Å². The van der Waals surface area contributed by atoms with Gasteiger partial charge in [-0.1, -0.05) is 60.6 Å². The Hall–Kier alpha value is -3.98. The molecule has 0 saturated carbocycles. The van der Waals surface area contributed by atoms with E-state index in [1.807, 2.05) is 80.7 Å². The number of piperidine rings is 1. The molecule has 2 aromatic heterocycles. The fourth-order valence-corrected chi connectivity index (χ4v) is 5.05. The molecule has 9 heteroatoms. The number of likely N-dealkylation sites (tertiary alicyclic amines) is 1. The molecule has 4 aromatic rings. The van der Waals surface area contributed by atoms with E-state index in [0.29, 0.717) is 30.7 Å². The topological polar surface area (TPSA) is 98.3 Å². The number of nitrogens with zero attached hydrogens (tertiary/aromatic N) is 5. The van der Waals surface area contributed by atoms with Gasteiger partial charge in [0.25, 0.3) is 5.89 Å². The van der Waals surface area contributed by atoms with E-state index < -0.39 is 6.04 Å². The van der Waals surface area contributed by atoms with Crippen LogP contribution in [0.2, 0.25) is 0 Å². The Morgan fingerprint density at radius 1 is 1.16 bits per heavy atom. The van der Waals surface area contributed by atoms with Crippen LogP contribution in [0.3, 0.4) is 0 Å². The molecule has 1 unspecified atom stereocenters. The number of esters is 1. The number of carbonyl (C=O) groups is 1. The normalized spacial score (nSPS) is 18.7. The highest BCUT2D eigenvalue weighted by molar-refractivity contribution is 5.81. The van der Waals surface area contributed by atoms with Crippen molar-refractivity contribution in [3.05, 3.63) is 83.8 Å². The van der Waals surface area contributed by atoms with Gasteiger partial charge in [0.15, 0.2) is 11.9 Å².